The summed E-state index contributed by atoms with van der Waals surface area (Å²) in [4.78, 5) is 31.5. The van der Waals surface area contributed by atoms with Crippen LogP contribution in [0, 0.1) is 5.82 Å². The minimum Gasteiger partial charge on any atom is -0.331 e. The largest absolute Gasteiger partial charge is 0.331 e. The Labute approximate surface area is 143 Å². The van der Waals surface area contributed by atoms with Crippen LogP contribution in [0.4, 0.5) is 4.39 Å². The summed E-state index contributed by atoms with van der Waals surface area (Å²) >= 11 is 0. The van der Waals surface area contributed by atoms with Gasteiger partial charge in [0, 0.05) is 18.9 Å². The molecular formula is C19H16FN3O2. The summed E-state index contributed by atoms with van der Waals surface area (Å²) in [7, 11) is 0. The van der Waals surface area contributed by atoms with E-state index in [0.717, 1.165) is 18.4 Å². The summed E-state index contributed by atoms with van der Waals surface area (Å²) in [6, 6.07) is 11.2. The average molecular weight is 337 g/mol. The van der Waals surface area contributed by atoms with E-state index in [4.69, 9.17) is 0 Å². The fourth-order valence-electron chi connectivity index (χ4n) is 3.37. The molecule has 3 heterocycles. The Morgan fingerprint density at radius 3 is 2.76 bits per heavy atom. The van der Waals surface area contributed by atoms with E-state index in [9.17, 15) is 14.0 Å². The van der Waals surface area contributed by atoms with Crippen molar-refractivity contribution in [2.45, 2.75) is 18.9 Å². The second-order valence-electron chi connectivity index (χ2n) is 6.11. The van der Waals surface area contributed by atoms with Crippen LogP contribution in [0.1, 0.15) is 34.8 Å². The van der Waals surface area contributed by atoms with Crippen LogP contribution in [-0.4, -0.2) is 26.7 Å². The molecule has 25 heavy (non-hydrogen) atoms. The Morgan fingerprint density at radius 2 is 1.96 bits per heavy atom. The summed E-state index contributed by atoms with van der Waals surface area (Å²) in [5, 5.41) is 0. The van der Waals surface area contributed by atoms with Crippen molar-refractivity contribution in [2.24, 2.45) is 0 Å². The van der Waals surface area contributed by atoms with Crippen LogP contribution >= 0.6 is 0 Å². The van der Waals surface area contributed by atoms with Gasteiger partial charge in [0.25, 0.3) is 11.5 Å². The molecule has 5 nitrogen and oxygen atoms in total. The van der Waals surface area contributed by atoms with Crippen LogP contribution in [-0.2, 0) is 0 Å². The van der Waals surface area contributed by atoms with Gasteiger partial charge in [-0.2, -0.15) is 0 Å². The maximum Gasteiger partial charge on any atom is 0.270 e. The standard InChI is InChI=1S/C19H16FN3O2/c20-14-8-6-13(7-9-14)16-4-3-11-22(16)18(24)15-12-21-17-5-1-2-10-23(17)19(15)25/h1-2,5-10,12,16H,3-4,11H2. The molecule has 1 fully saturated rings. The predicted molar refractivity (Wildman–Crippen MR) is 90.9 cm³/mol. The SMILES string of the molecule is O=C(c1cnc2ccccn2c1=O)N1CCCC1c1ccc(F)cc1. The highest BCUT2D eigenvalue weighted by Gasteiger charge is 2.32. The minimum absolute atomic E-state index is 0.0534. The first-order chi connectivity index (χ1) is 12.1. The van der Waals surface area contributed by atoms with Crippen molar-refractivity contribution in [2.75, 3.05) is 6.54 Å². The Kier molecular flexibility index (Phi) is 3.80. The Morgan fingerprint density at radius 1 is 1.16 bits per heavy atom. The van der Waals surface area contributed by atoms with Crippen molar-refractivity contribution < 1.29 is 9.18 Å². The van der Waals surface area contributed by atoms with Gasteiger partial charge >= 0.3 is 0 Å². The zero-order valence-corrected chi connectivity index (χ0v) is 13.4. The van der Waals surface area contributed by atoms with Crippen molar-refractivity contribution in [1.82, 2.24) is 14.3 Å². The van der Waals surface area contributed by atoms with E-state index in [1.165, 1.54) is 22.7 Å². The molecule has 1 aromatic carbocycles. The second kappa shape index (κ2) is 6.12. The first-order valence-corrected chi connectivity index (χ1v) is 8.18. The van der Waals surface area contributed by atoms with Crippen LogP contribution in [0.15, 0.2) is 59.7 Å². The van der Waals surface area contributed by atoms with Crippen LogP contribution < -0.4 is 5.56 Å². The van der Waals surface area contributed by atoms with E-state index in [0.29, 0.717) is 12.2 Å². The lowest BCUT2D eigenvalue weighted by Crippen LogP contribution is -2.35. The summed E-state index contributed by atoms with van der Waals surface area (Å²) in [6.45, 7) is 0.567. The van der Waals surface area contributed by atoms with Gasteiger partial charge in [0.1, 0.15) is 17.0 Å². The molecule has 6 heteroatoms. The maximum atomic E-state index is 13.2. The number of rotatable bonds is 2. The summed E-state index contributed by atoms with van der Waals surface area (Å²) in [5.74, 6) is -0.640. The number of amides is 1. The first-order valence-electron chi connectivity index (χ1n) is 8.18. The molecule has 3 aromatic rings. The molecule has 0 saturated carbocycles. The fraction of sp³-hybridized carbons (Fsp3) is 0.211. The number of carbonyl (C=O) groups is 1. The third-order valence-corrected chi connectivity index (χ3v) is 4.61. The van der Waals surface area contributed by atoms with Crippen LogP contribution in [0.2, 0.25) is 0 Å². The summed E-state index contributed by atoms with van der Waals surface area (Å²) in [5.41, 5.74) is 1.06. The van der Waals surface area contributed by atoms with Gasteiger partial charge < -0.3 is 4.90 Å². The zero-order chi connectivity index (χ0) is 17.4. The molecule has 2 aromatic heterocycles. The average Bonchev–Trinajstić information content (AvgIpc) is 3.12. The van der Waals surface area contributed by atoms with E-state index < -0.39 is 0 Å². The number of pyridine rings is 1. The molecule has 1 amide bonds. The van der Waals surface area contributed by atoms with Gasteiger partial charge in [-0.3, -0.25) is 14.0 Å². The van der Waals surface area contributed by atoms with Gasteiger partial charge in [0.2, 0.25) is 0 Å². The number of aromatic nitrogens is 2. The highest BCUT2D eigenvalue weighted by atomic mass is 19.1. The summed E-state index contributed by atoms with van der Waals surface area (Å²) in [6.07, 6.45) is 4.58. The quantitative estimate of drug-likeness (QED) is 0.722. The normalized spacial score (nSPS) is 17.2. The van der Waals surface area contributed by atoms with Crippen LogP contribution in [0.5, 0.6) is 0 Å². The Hall–Kier alpha value is -3.02. The number of carbonyl (C=O) groups excluding carboxylic acids is 1. The number of halogens is 1. The highest BCUT2D eigenvalue weighted by molar-refractivity contribution is 5.94. The highest BCUT2D eigenvalue weighted by Crippen LogP contribution is 2.32. The molecule has 1 aliphatic heterocycles. The molecule has 1 atom stereocenters. The van der Waals surface area contributed by atoms with E-state index in [2.05, 4.69) is 4.98 Å². The van der Waals surface area contributed by atoms with Crippen molar-refractivity contribution in [3.63, 3.8) is 0 Å². The number of benzene rings is 1. The fourth-order valence-corrected chi connectivity index (χ4v) is 3.37. The van der Waals surface area contributed by atoms with E-state index >= 15 is 0 Å². The molecule has 0 radical (unpaired) electrons. The van der Waals surface area contributed by atoms with Gasteiger partial charge in [-0.1, -0.05) is 18.2 Å². The number of fused-ring (bicyclic) bond motifs is 1. The predicted octanol–water partition coefficient (Wildman–Crippen LogP) is 2.81. The van der Waals surface area contributed by atoms with Gasteiger partial charge in [-0.25, -0.2) is 9.37 Å². The zero-order valence-electron chi connectivity index (χ0n) is 13.4. The molecule has 126 valence electrons. The molecule has 1 aliphatic rings. The lowest BCUT2D eigenvalue weighted by atomic mass is 10.0. The lowest BCUT2D eigenvalue weighted by Gasteiger charge is -2.25. The molecule has 0 spiro atoms. The first kappa shape index (κ1) is 15.5. The topological polar surface area (TPSA) is 54.7 Å². The minimum atomic E-state index is -0.375. The van der Waals surface area contributed by atoms with Crippen molar-refractivity contribution in [3.05, 3.63) is 82.2 Å². The van der Waals surface area contributed by atoms with Crippen molar-refractivity contribution >= 4 is 11.6 Å². The van der Waals surface area contributed by atoms with Crippen molar-refractivity contribution in [3.8, 4) is 0 Å². The molecule has 4 rings (SSSR count). The third-order valence-electron chi connectivity index (χ3n) is 4.61. The van der Waals surface area contributed by atoms with Crippen molar-refractivity contribution in [1.29, 1.82) is 0 Å². The Balaban J connectivity index is 1.71. The number of nitrogens with zero attached hydrogens (tertiary/aromatic N) is 3. The van der Waals surface area contributed by atoms with Crippen LogP contribution in [0.25, 0.3) is 5.65 Å². The van der Waals surface area contributed by atoms with E-state index in [1.807, 2.05) is 0 Å². The number of hydrogen-bond acceptors (Lipinski definition) is 3. The molecular weight excluding hydrogens is 321 g/mol. The third kappa shape index (κ3) is 2.69. The number of likely N-dealkylation sites (tertiary alicyclic amines) is 1. The molecule has 1 unspecified atom stereocenters. The molecule has 0 aliphatic carbocycles. The van der Waals surface area contributed by atoms with Crippen LogP contribution in [0.3, 0.4) is 0 Å². The van der Waals surface area contributed by atoms with Gasteiger partial charge in [0.15, 0.2) is 0 Å². The molecule has 1 saturated heterocycles. The monoisotopic (exact) mass is 337 g/mol. The lowest BCUT2D eigenvalue weighted by molar-refractivity contribution is 0.0733. The van der Waals surface area contributed by atoms with Gasteiger partial charge in [-0.15, -0.1) is 0 Å². The maximum absolute atomic E-state index is 13.2. The summed E-state index contributed by atoms with van der Waals surface area (Å²) < 4.78 is 14.5. The smallest absolute Gasteiger partial charge is 0.270 e. The second-order valence-corrected chi connectivity index (χ2v) is 6.11. The van der Waals surface area contributed by atoms with Gasteiger partial charge in [0.05, 0.1) is 6.04 Å². The Bertz CT molecular complexity index is 997. The van der Waals surface area contributed by atoms with Gasteiger partial charge in [-0.05, 0) is 42.7 Å². The molecule has 0 N–H and O–H groups in total. The number of hydrogen-bond donors (Lipinski definition) is 0. The van der Waals surface area contributed by atoms with E-state index in [-0.39, 0.29) is 28.9 Å². The van der Waals surface area contributed by atoms with E-state index in [1.54, 1.807) is 41.4 Å². The molecule has 0 bridgehead atoms.